The minimum Gasteiger partial charge on any atom is -0.478 e. The molecule has 3 aromatic carbocycles. The van der Waals surface area contributed by atoms with E-state index >= 15 is 0 Å². The lowest BCUT2D eigenvalue weighted by Gasteiger charge is -2.25. The Kier molecular flexibility index (Phi) is 7.18. The summed E-state index contributed by atoms with van der Waals surface area (Å²) >= 11 is 3.44. The van der Waals surface area contributed by atoms with E-state index < -0.39 is 5.97 Å². The van der Waals surface area contributed by atoms with Crippen molar-refractivity contribution in [3.63, 3.8) is 0 Å². The number of nitrogens with one attached hydrogen (secondary N) is 1. The normalized spacial score (nSPS) is 14.1. The van der Waals surface area contributed by atoms with Crippen LogP contribution in [0, 0.1) is 0 Å². The minimum atomic E-state index is -0.957. The van der Waals surface area contributed by atoms with Crippen molar-refractivity contribution in [3.05, 3.63) is 87.9 Å². The van der Waals surface area contributed by atoms with Crippen molar-refractivity contribution in [2.45, 2.75) is 44.6 Å². The summed E-state index contributed by atoms with van der Waals surface area (Å²) in [4.78, 5) is 29.1. The van der Waals surface area contributed by atoms with Crippen LogP contribution in [0.5, 0.6) is 0 Å². The van der Waals surface area contributed by atoms with Gasteiger partial charge in [0, 0.05) is 28.2 Å². The van der Waals surface area contributed by atoms with Crippen molar-refractivity contribution in [2.75, 3.05) is 6.54 Å². The first-order valence-corrected chi connectivity index (χ1v) is 13.2. The molecule has 4 aromatic rings. The monoisotopic (exact) mass is 545 g/mol. The Balaban J connectivity index is 1.37. The van der Waals surface area contributed by atoms with Gasteiger partial charge in [-0.25, -0.2) is 9.78 Å². The van der Waals surface area contributed by atoms with Crippen molar-refractivity contribution in [1.29, 1.82) is 0 Å². The van der Waals surface area contributed by atoms with E-state index in [2.05, 4.69) is 25.8 Å². The maximum absolute atomic E-state index is 12.7. The van der Waals surface area contributed by atoms with Gasteiger partial charge in [-0.1, -0.05) is 59.5 Å². The molecule has 184 valence electrons. The largest absolute Gasteiger partial charge is 0.478 e. The van der Waals surface area contributed by atoms with Crippen LogP contribution >= 0.6 is 15.9 Å². The number of carboxylic acids is 1. The summed E-state index contributed by atoms with van der Waals surface area (Å²) in [6.45, 7) is 0.561. The number of halogens is 1. The van der Waals surface area contributed by atoms with E-state index in [4.69, 9.17) is 4.98 Å². The number of hydrogen-bond acceptors (Lipinski definition) is 3. The maximum Gasteiger partial charge on any atom is 0.335 e. The lowest BCUT2D eigenvalue weighted by Crippen LogP contribution is -2.25. The van der Waals surface area contributed by atoms with Crippen LogP contribution in [0.15, 0.2) is 71.2 Å². The van der Waals surface area contributed by atoms with Crippen molar-refractivity contribution < 1.29 is 14.7 Å². The van der Waals surface area contributed by atoms with Gasteiger partial charge in [0.15, 0.2) is 0 Å². The zero-order valence-electron chi connectivity index (χ0n) is 19.9. The molecule has 2 N–H and O–H groups in total. The number of nitrogens with zero attached hydrogens (tertiary/aromatic N) is 2. The third kappa shape index (κ3) is 5.21. The van der Waals surface area contributed by atoms with E-state index in [-0.39, 0.29) is 11.5 Å². The quantitative estimate of drug-likeness (QED) is 0.272. The predicted octanol–water partition coefficient (Wildman–Crippen LogP) is 6.64. The molecule has 0 bridgehead atoms. The van der Waals surface area contributed by atoms with Gasteiger partial charge in [0.25, 0.3) is 5.91 Å². The second-order valence-electron chi connectivity index (χ2n) is 9.32. The number of fused-ring (bicyclic) bond motifs is 1. The highest BCUT2D eigenvalue weighted by molar-refractivity contribution is 9.10. The second-order valence-corrected chi connectivity index (χ2v) is 10.2. The van der Waals surface area contributed by atoms with E-state index in [1.165, 1.54) is 24.8 Å². The average Bonchev–Trinajstić information content (AvgIpc) is 3.29. The number of rotatable bonds is 7. The number of carboxylic acid groups (broad SMARTS) is 1. The third-order valence-electron chi connectivity index (χ3n) is 6.89. The van der Waals surface area contributed by atoms with Crippen LogP contribution < -0.4 is 5.32 Å². The Hall–Kier alpha value is -3.45. The molecule has 1 amide bonds. The molecule has 0 aliphatic heterocycles. The first-order chi connectivity index (χ1) is 17.5. The average molecular weight is 546 g/mol. The van der Waals surface area contributed by atoms with Crippen molar-refractivity contribution in [1.82, 2.24) is 14.9 Å². The molecular weight excluding hydrogens is 518 g/mol. The summed E-state index contributed by atoms with van der Waals surface area (Å²) in [5.74, 6) is -0.242. The van der Waals surface area contributed by atoms with Gasteiger partial charge in [-0.3, -0.25) is 4.79 Å². The molecule has 1 aromatic heterocycles. The summed E-state index contributed by atoms with van der Waals surface area (Å²) < 4.78 is 3.31. The van der Waals surface area contributed by atoms with Crippen LogP contribution in [0.2, 0.25) is 0 Å². The molecule has 0 saturated heterocycles. The zero-order valence-corrected chi connectivity index (χ0v) is 21.5. The molecule has 1 aliphatic carbocycles. The molecule has 1 fully saturated rings. The maximum atomic E-state index is 12.7. The lowest BCUT2D eigenvalue weighted by molar-refractivity contribution is 0.0696. The fourth-order valence-electron chi connectivity index (χ4n) is 4.99. The Labute approximate surface area is 218 Å². The topological polar surface area (TPSA) is 84.2 Å². The van der Waals surface area contributed by atoms with Crippen LogP contribution in [0.4, 0.5) is 0 Å². The third-order valence-corrected chi connectivity index (χ3v) is 7.42. The first-order valence-electron chi connectivity index (χ1n) is 12.4. The summed E-state index contributed by atoms with van der Waals surface area (Å²) in [6.07, 6.45) is 6.52. The fourth-order valence-corrected chi connectivity index (χ4v) is 5.25. The van der Waals surface area contributed by atoms with Crippen LogP contribution in [0.25, 0.3) is 22.4 Å². The van der Waals surface area contributed by atoms with Gasteiger partial charge in [0.2, 0.25) is 0 Å². The molecule has 36 heavy (non-hydrogen) atoms. The Morgan fingerprint density at radius 1 is 0.944 bits per heavy atom. The van der Waals surface area contributed by atoms with Gasteiger partial charge in [0.05, 0.1) is 16.6 Å². The van der Waals surface area contributed by atoms with Crippen LogP contribution in [-0.2, 0) is 6.42 Å². The van der Waals surface area contributed by atoms with Crippen LogP contribution in [0.1, 0.15) is 64.4 Å². The number of hydrogen-bond donors (Lipinski definition) is 2. The summed E-state index contributed by atoms with van der Waals surface area (Å²) in [7, 11) is 0. The fraction of sp³-hybridized carbons (Fsp3) is 0.276. The van der Waals surface area contributed by atoms with Crippen molar-refractivity contribution >= 4 is 38.8 Å². The Bertz CT molecular complexity index is 1390. The Morgan fingerprint density at radius 2 is 1.64 bits per heavy atom. The summed E-state index contributed by atoms with van der Waals surface area (Å²) in [5.41, 5.74) is 4.56. The molecule has 1 aliphatic rings. The van der Waals surface area contributed by atoms with Gasteiger partial charge in [-0.15, -0.1) is 0 Å². The number of carbonyl (C=O) groups is 2. The van der Waals surface area contributed by atoms with Crippen molar-refractivity contribution in [2.24, 2.45) is 0 Å². The number of amides is 1. The highest BCUT2D eigenvalue weighted by Crippen LogP contribution is 2.36. The molecule has 1 saturated carbocycles. The van der Waals surface area contributed by atoms with Crippen LogP contribution in [-0.4, -0.2) is 33.1 Å². The molecular formula is C29H28BrN3O3. The first kappa shape index (κ1) is 24.3. The molecule has 1 heterocycles. The number of aromatic carboxylic acids is 1. The molecule has 0 atom stereocenters. The van der Waals surface area contributed by atoms with Gasteiger partial charge >= 0.3 is 5.97 Å². The van der Waals surface area contributed by atoms with Crippen molar-refractivity contribution in [3.8, 4) is 11.4 Å². The predicted molar refractivity (Wildman–Crippen MR) is 144 cm³/mol. The molecule has 7 heteroatoms. The van der Waals surface area contributed by atoms with E-state index in [1.54, 1.807) is 12.1 Å². The Morgan fingerprint density at radius 3 is 2.33 bits per heavy atom. The number of imidazole rings is 1. The van der Waals surface area contributed by atoms with Gasteiger partial charge in [-0.05, 0) is 67.3 Å². The summed E-state index contributed by atoms with van der Waals surface area (Å²) in [5, 5.41) is 12.4. The van der Waals surface area contributed by atoms with E-state index in [0.717, 1.165) is 40.6 Å². The standard InChI is InChI=1S/C29H28BrN3O3/c30-23-13-6-19(7-14-23)16-17-31-28(34)21-10-8-20(9-11-21)27-32-25-18-22(29(35)36)12-15-26(25)33(27)24-4-2-1-3-5-24/h6-15,18,24H,1-5,16-17H2,(H,31,34)(H,35,36). The second kappa shape index (κ2) is 10.7. The molecule has 0 unspecified atom stereocenters. The highest BCUT2D eigenvalue weighted by Gasteiger charge is 2.23. The number of benzene rings is 3. The summed E-state index contributed by atoms with van der Waals surface area (Å²) in [6, 6.07) is 21.1. The van der Waals surface area contributed by atoms with Gasteiger partial charge < -0.3 is 15.0 Å². The van der Waals surface area contributed by atoms with E-state index in [9.17, 15) is 14.7 Å². The molecule has 6 nitrogen and oxygen atoms in total. The molecule has 0 spiro atoms. The lowest BCUT2D eigenvalue weighted by atomic mass is 9.94. The number of aromatic nitrogens is 2. The van der Waals surface area contributed by atoms with Gasteiger partial charge in [0.1, 0.15) is 5.82 Å². The number of carbonyl (C=O) groups excluding carboxylic acids is 1. The molecule has 5 rings (SSSR count). The zero-order chi connectivity index (χ0) is 25.1. The minimum absolute atomic E-state index is 0.106. The smallest absolute Gasteiger partial charge is 0.335 e. The van der Waals surface area contributed by atoms with Gasteiger partial charge in [-0.2, -0.15) is 0 Å². The highest BCUT2D eigenvalue weighted by atomic mass is 79.9. The van der Waals surface area contributed by atoms with E-state index in [1.807, 2.05) is 54.6 Å². The van der Waals surface area contributed by atoms with E-state index in [0.29, 0.717) is 23.7 Å². The molecule has 0 radical (unpaired) electrons. The SMILES string of the molecule is O=C(O)c1ccc2c(c1)nc(-c1ccc(C(=O)NCCc3ccc(Br)cc3)cc1)n2C1CCCCC1. The van der Waals surface area contributed by atoms with Crippen LogP contribution in [0.3, 0.4) is 0 Å².